The zero-order valence-corrected chi connectivity index (χ0v) is 19.2. The Labute approximate surface area is 195 Å². The van der Waals surface area contributed by atoms with Crippen molar-refractivity contribution in [3.8, 4) is 5.75 Å². The van der Waals surface area contributed by atoms with E-state index in [0.717, 1.165) is 26.4 Å². The van der Waals surface area contributed by atoms with Gasteiger partial charge in [0.2, 0.25) is 11.9 Å². The molecule has 0 atom stereocenters. The molecule has 0 saturated heterocycles. The SMILES string of the molecule is COCC(=O)Nc1cc(S(=O)(=O)Oc2ccccc2)ccc1N=C(NC(=O)OC)NC(=O)OC. The summed E-state index contributed by atoms with van der Waals surface area (Å²) in [5.41, 5.74) is -0.124. The minimum atomic E-state index is -4.29. The van der Waals surface area contributed by atoms with E-state index >= 15 is 0 Å². The van der Waals surface area contributed by atoms with Crippen molar-refractivity contribution in [1.82, 2.24) is 10.6 Å². The van der Waals surface area contributed by atoms with Gasteiger partial charge in [-0.05, 0) is 30.3 Å². The Morgan fingerprint density at radius 1 is 0.912 bits per heavy atom. The van der Waals surface area contributed by atoms with E-state index in [-0.39, 0.29) is 28.6 Å². The van der Waals surface area contributed by atoms with Gasteiger partial charge in [0, 0.05) is 7.11 Å². The minimum Gasteiger partial charge on any atom is -0.453 e. The van der Waals surface area contributed by atoms with Crippen LogP contribution in [-0.2, 0) is 29.1 Å². The normalized spacial score (nSPS) is 10.4. The van der Waals surface area contributed by atoms with E-state index in [1.54, 1.807) is 18.2 Å². The fraction of sp³-hybridized carbons (Fsp3) is 0.200. The lowest BCUT2D eigenvalue weighted by molar-refractivity contribution is -0.119. The molecule has 0 heterocycles. The zero-order valence-electron chi connectivity index (χ0n) is 18.4. The van der Waals surface area contributed by atoms with E-state index in [1.165, 1.54) is 25.3 Å². The topological polar surface area (TPSA) is 171 Å². The molecule has 182 valence electrons. The number of nitrogens with zero attached hydrogens (tertiary/aromatic N) is 1. The van der Waals surface area contributed by atoms with Gasteiger partial charge in [-0.1, -0.05) is 18.2 Å². The molecular weight excluding hydrogens is 472 g/mol. The van der Waals surface area contributed by atoms with Gasteiger partial charge in [0.15, 0.2) is 0 Å². The Balaban J connectivity index is 2.51. The second-order valence-electron chi connectivity index (χ2n) is 6.20. The third-order valence-corrected chi connectivity index (χ3v) is 5.04. The van der Waals surface area contributed by atoms with Crippen LogP contribution in [0.2, 0.25) is 0 Å². The molecule has 0 radical (unpaired) electrons. The highest BCUT2D eigenvalue weighted by molar-refractivity contribution is 7.87. The number of para-hydroxylation sites is 1. The summed E-state index contributed by atoms with van der Waals surface area (Å²) in [6, 6.07) is 11.3. The molecule has 0 unspecified atom stereocenters. The number of anilines is 1. The van der Waals surface area contributed by atoms with Crippen molar-refractivity contribution in [2.75, 3.05) is 33.3 Å². The van der Waals surface area contributed by atoms with Crippen LogP contribution in [-0.4, -0.2) is 60.4 Å². The van der Waals surface area contributed by atoms with Crippen molar-refractivity contribution in [1.29, 1.82) is 0 Å². The lowest BCUT2D eigenvalue weighted by atomic mass is 10.2. The molecule has 0 fully saturated rings. The molecule has 2 rings (SSSR count). The van der Waals surface area contributed by atoms with Gasteiger partial charge in [-0.3, -0.25) is 15.4 Å². The van der Waals surface area contributed by atoms with Crippen LogP contribution in [0.4, 0.5) is 21.0 Å². The summed E-state index contributed by atoms with van der Waals surface area (Å²) >= 11 is 0. The van der Waals surface area contributed by atoms with Crippen molar-refractivity contribution < 1.29 is 41.2 Å². The van der Waals surface area contributed by atoms with E-state index in [9.17, 15) is 22.8 Å². The average molecular weight is 494 g/mol. The monoisotopic (exact) mass is 494 g/mol. The number of methoxy groups -OCH3 is 3. The smallest absolute Gasteiger partial charge is 0.413 e. The number of carbonyl (C=O) groups is 3. The first kappa shape index (κ1) is 26.1. The Morgan fingerprint density at radius 2 is 1.53 bits per heavy atom. The fourth-order valence-electron chi connectivity index (χ4n) is 2.34. The minimum absolute atomic E-state index is 0.0362. The summed E-state index contributed by atoms with van der Waals surface area (Å²) in [5.74, 6) is -0.959. The van der Waals surface area contributed by atoms with E-state index < -0.39 is 34.2 Å². The molecule has 3 N–H and O–H groups in total. The fourth-order valence-corrected chi connectivity index (χ4v) is 3.30. The molecule has 0 bridgehead atoms. The number of carbonyl (C=O) groups excluding carboxylic acids is 3. The Hall–Kier alpha value is -4.17. The molecule has 0 aliphatic carbocycles. The predicted octanol–water partition coefficient (Wildman–Crippen LogP) is 1.74. The highest BCUT2D eigenvalue weighted by Crippen LogP contribution is 2.29. The molecule has 0 aliphatic heterocycles. The number of alkyl carbamates (subject to hydrolysis) is 2. The van der Waals surface area contributed by atoms with Crippen LogP contribution in [0.5, 0.6) is 5.75 Å². The molecular formula is C20H22N4O9S. The third kappa shape index (κ3) is 7.75. The van der Waals surface area contributed by atoms with Crippen LogP contribution in [0, 0.1) is 0 Å². The summed E-state index contributed by atoms with van der Waals surface area (Å²) in [6.07, 6.45) is -1.92. The molecule has 13 nitrogen and oxygen atoms in total. The molecule has 34 heavy (non-hydrogen) atoms. The van der Waals surface area contributed by atoms with Crippen LogP contribution in [0.1, 0.15) is 0 Å². The number of hydrogen-bond donors (Lipinski definition) is 3. The highest BCUT2D eigenvalue weighted by atomic mass is 32.2. The number of guanidine groups is 1. The maximum atomic E-state index is 12.7. The van der Waals surface area contributed by atoms with Gasteiger partial charge in [0.1, 0.15) is 17.3 Å². The number of ether oxygens (including phenoxy) is 3. The van der Waals surface area contributed by atoms with Crippen LogP contribution >= 0.6 is 0 Å². The molecule has 0 saturated carbocycles. The van der Waals surface area contributed by atoms with Crippen LogP contribution in [0.3, 0.4) is 0 Å². The number of rotatable bonds is 7. The number of hydrogen-bond acceptors (Lipinski definition) is 10. The number of aliphatic imine (C=N–C) groups is 1. The van der Waals surface area contributed by atoms with Gasteiger partial charge in [-0.2, -0.15) is 8.42 Å². The maximum Gasteiger partial charge on any atom is 0.413 e. The first-order valence-electron chi connectivity index (χ1n) is 9.39. The van der Waals surface area contributed by atoms with E-state index in [0.29, 0.717) is 0 Å². The highest BCUT2D eigenvalue weighted by Gasteiger charge is 2.20. The van der Waals surface area contributed by atoms with Gasteiger partial charge < -0.3 is 23.7 Å². The standard InChI is InChI=1S/C20H22N4O9S/c1-30-12-17(25)21-16-11-14(34(28,29)33-13-7-5-4-6-8-13)9-10-15(16)22-18(23-19(26)31-2)24-20(27)32-3/h4-11H,12H2,1-3H3,(H,21,25)(H2,22,23,24,26,27). The molecule has 2 aromatic carbocycles. The first-order chi connectivity index (χ1) is 16.2. The number of benzene rings is 2. The second-order valence-corrected chi connectivity index (χ2v) is 7.75. The van der Waals surface area contributed by atoms with Crippen molar-refractivity contribution in [2.45, 2.75) is 4.90 Å². The molecule has 2 aromatic rings. The van der Waals surface area contributed by atoms with Gasteiger partial charge >= 0.3 is 22.3 Å². The maximum absolute atomic E-state index is 12.7. The van der Waals surface area contributed by atoms with Crippen molar-refractivity contribution in [2.24, 2.45) is 4.99 Å². The average Bonchev–Trinajstić information content (AvgIpc) is 2.80. The Kier molecular flexibility index (Phi) is 9.34. The molecule has 0 aliphatic rings. The van der Waals surface area contributed by atoms with Crippen molar-refractivity contribution in [3.63, 3.8) is 0 Å². The first-order valence-corrected chi connectivity index (χ1v) is 10.8. The van der Waals surface area contributed by atoms with Crippen molar-refractivity contribution >= 4 is 45.5 Å². The van der Waals surface area contributed by atoms with Crippen LogP contribution in [0.25, 0.3) is 0 Å². The van der Waals surface area contributed by atoms with Gasteiger partial charge in [-0.15, -0.1) is 0 Å². The third-order valence-electron chi connectivity index (χ3n) is 3.80. The Morgan fingerprint density at radius 3 is 2.09 bits per heavy atom. The lowest BCUT2D eigenvalue weighted by Crippen LogP contribution is -2.43. The summed E-state index contributed by atoms with van der Waals surface area (Å²) in [4.78, 5) is 39.1. The quantitative estimate of drug-likeness (QED) is 0.295. The molecule has 0 spiro atoms. The van der Waals surface area contributed by atoms with Crippen molar-refractivity contribution in [3.05, 3.63) is 48.5 Å². The molecule has 3 amide bonds. The van der Waals surface area contributed by atoms with Gasteiger partial charge in [-0.25, -0.2) is 14.6 Å². The van der Waals surface area contributed by atoms with Gasteiger partial charge in [0.05, 0.1) is 25.6 Å². The van der Waals surface area contributed by atoms with E-state index in [4.69, 9.17) is 8.92 Å². The summed E-state index contributed by atoms with van der Waals surface area (Å²) in [7, 11) is -0.806. The number of amides is 3. The Bertz CT molecular complexity index is 1150. The summed E-state index contributed by atoms with van der Waals surface area (Å²) < 4.78 is 44.3. The predicted molar refractivity (Wildman–Crippen MR) is 119 cm³/mol. The lowest BCUT2D eigenvalue weighted by Gasteiger charge is -2.13. The van der Waals surface area contributed by atoms with E-state index in [1.807, 2.05) is 0 Å². The largest absolute Gasteiger partial charge is 0.453 e. The van der Waals surface area contributed by atoms with Gasteiger partial charge in [0.25, 0.3) is 0 Å². The van der Waals surface area contributed by atoms with Crippen LogP contribution in [0.15, 0.2) is 58.4 Å². The summed E-state index contributed by atoms with van der Waals surface area (Å²) in [5, 5.41) is 6.77. The molecule has 0 aromatic heterocycles. The number of nitrogens with one attached hydrogen (secondary N) is 3. The van der Waals surface area contributed by atoms with E-state index in [2.05, 4.69) is 30.4 Å². The molecule has 14 heteroatoms. The zero-order chi connectivity index (χ0) is 25.1. The second kappa shape index (κ2) is 12.2. The summed E-state index contributed by atoms with van der Waals surface area (Å²) in [6.45, 7) is -0.339. The van der Waals surface area contributed by atoms with Crippen LogP contribution < -0.4 is 20.1 Å².